The lowest BCUT2D eigenvalue weighted by atomic mass is 10.4. The molecule has 0 fully saturated rings. The quantitative estimate of drug-likeness (QED) is 0.675. The van der Waals surface area contributed by atoms with Crippen molar-refractivity contribution in [2.24, 2.45) is 0 Å². The van der Waals surface area contributed by atoms with Crippen LogP contribution in [0.5, 0.6) is 0 Å². The van der Waals surface area contributed by atoms with Gasteiger partial charge in [-0.2, -0.15) is 0 Å². The molecular formula is C7H8BrClS. The van der Waals surface area contributed by atoms with E-state index in [9.17, 15) is 0 Å². The molecule has 1 aromatic rings. The second-order valence-electron chi connectivity index (χ2n) is 1.63. The van der Waals surface area contributed by atoms with Crippen molar-refractivity contribution >= 4 is 40.1 Å². The van der Waals surface area contributed by atoms with Gasteiger partial charge < -0.3 is 0 Å². The van der Waals surface area contributed by atoms with Gasteiger partial charge in [0.1, 0.15) is 0 Å². The molecule has 0 aliphatic heterocycles. The molecule has 0 radical (unpaired) electrons. The van der Waals surface area contributed by atoms with Gasteiger partial charge in [-0.1, -0.05) is 12.1 Å². The van der Waals surface area contributed by atoms with E-state index in [-0.39, 0.29) is 12.4 Å². The third-order valence-corrected chi connectivity index (χ3v) is 2.81. The van der Waals surface area contributed by atoms with Crippen molar-refractivity contribution in [3.63, 3.8) is 0 Å². The van der Waals surface area contributed by atoms with E-state index in [0.717, 1.165) is 0 Å². The second kappa shape index (κ2) is 5.05. The molecule has 0 heterocycles. The fourth-order valence-electron chi connectivity index (χ4n) is 0.610. The molecule has 3 heteroatoms. The van der Waals surface area contributed by atoms with E-state index in [1.807, 2.05) is 18.2 Å². The maximum Gasteiger partial charge on any atom is 0.0311 e. The van der Waals surface area contributed by atoms with Gasteiger partial charge in [-0.05, 0) is 34.3 Å². The van der Waals surface area contributed by atoms with Crippen LogP contribution in [0.3, 0.4) is 0 Å². The Kier molecular flexibility index (Phi) is 5.22. The van der Waals surface area contributed by atoms with E-state index in [0.29, 0.717) is 0 Å². The molecule has 0 aliphatic carbocycles. The molecule has 0 spiro atoms. The van der Waals surface area contributed by atoms with E-state index in [2.05, 4.69) is 28.3 Å². The van der Waals surface area contributed by atoms with Crippen LogP contribution in [0.25, 0.3) is 0 Å². The molecule has 0 aromatic heterocycles. The number of hydrogen-bond donors (Lipinski definition) is 0. The first kappa shape index (κ1) is 10.3. The highest BCUT2D eigenvalue weighted by Crippen LogP contribution is 2.24. The molecule has 0 atom stereocenters. The van der Waals surface area contributed by atoms with Crippen LogP contribution in [-0.2, 0) is 0 Å². The van der Waals surface area contributed by atoms with E-state index >= 15 is 0 Å². The zero-order chi connectivity index (χ0) is 6.69. The maximum atomic E-state index is 3.44. The Balaban J connectivity index is 0.000000810. The summed E-state index contributed by atoms with van der Waals surface area (Å²) in [4.78, 5) is 1.29. The zero-order valence-corrected chi connectivity index (χ0v) is 8.72. The Bertz CT molecular complexity index is 203. The molecule has 0 saturated heterocycles. The standard InChI is InChI=1S/C7H7BrS.ClH/c1-9-7-5-3-2-4-6(7)8;/h2-5H,1H3;1H. The van der Waals surface area contributed by atoms with Crippen LogP contribution in [0.1, 0.15) is 0 Å². The first-order valence-electron chi connectivity index (χ1n) is 2.63. The van der Waals surface area contributed by atoms with Crippen molar-refractivity contribution in [1.29, 1.82) is 0 Å². The summed E-state index contributed by atoms with van der Waals surface area (Å²) in [6.45, 7) is 0. The van der Waals surface area contributed by atoms with Gasteiger partial charge >= 0.3 is 0 Å². The van der Waals surface area contributed by atoms with Crippen LogP contribution >= 0.6 is 40.1 Å². The molecule has 1 aromatic carbocycles. The summed E-state index contributed by atoms with van der Waals surface area (Å²) in [5.41, 5.74) is 0. The Morgan fingerprint density at radius 3 is 2.30 bits per heavy atom. The van der Waals surface area contributed by atoms with Gasteiger partial charge in [0.15, 0.2) is 0 Å². The lowest BCUT2D eigenvalue weighted by molar-refractivity contribution is 1.41. The second-order valence-corrected chi connectivity index (χ2v) is 3.34. The van der Waals surface area contributed by atoms with E-state index in [4.69, 9.17) is 0 Å². The van der Waals surface area contributed by atoms with Crippen LogP contribution in [0, 0.1) is 0 Å². The summed E-state index contributed by atoms with van der Waals surface area (Å²) < 4.78 is 1.18. The highest BCUT2D eigenvalue weighted by atomic mass is 79.9. The third-order valence-electron chi connectivity index (χ3n) is 1.06. The molecule has 0 N–H and O–H groups in total. The molecule has 56 valence electrons. The molecule has 0 saturated carbocycles. The Morgan fingerprint density at radius 2 is 1.90 bits per heavy atom. The number of rotatable bonds is 1. The minimum Gasteiger partial charge on any atom is -0.147 e. The van der Waals surface area contributed by atoms with Crippen LogP contribution in [0.2, 0.25) is 0 Å². The maximum absolute atomic E-state index is 3.44. The van der Waals surface area contributed by atoms with Gasteiger partial charge in [0.05, 0.1) is 0 Å². The van der Waals surface area contributed by atoms with Crippen LogP contribution < -0.4 is 0 Å². The minimum absolute atomic E-state index is 0. The fourth-order valence-corrected chi connectivity index (χ4v) is 1.86. The van der Waals surface area contributed by atoms with Crippen molar-refractivity contribution < 1.29 is 0 Å². The molecule has 0 nitrogen and oxygen atoms in total. The van der Waals surface area contributed by atoms with Crippen LogP contribution in [0.15, 0.2) is 33.6 Å². The summed E-state index contributed by atoms with van der Waals surface area (Å²) in [6.07, 6.45) is 2.07. The normalized spacial score (nSPS) is 8.60. The van der Waals surface area contributed by atoms with Crippen molar-refractivity contribution in [3.05, 3.63) is 28.7 Å². The van der Waals surface area contributed by atoms with Crippen molar-refractivity contribution in [2.45, 2.75) is 4.90 Å². The predicted octanol–water partition coefficient (Wildman–Crippen LogP) is 3.59. The predicted molar refractivity (Wildman–Crippen MR) is 53.2 cm³/mol. The van der Waals surface area contributed by atoms with Gasteiger partial charge in [0.25, 0.3) is 0 Å². The van der Waals surface area contributed by atoms with Gasteiger partial charge in [0.2, 0.25) is 0 Å². The van der Waals surface area contributed by atoms with Crippen LogP contribution in [-0.4, -0.2) is 6.26 Å². The smallest absolute Gasteiger partial charge is 0.0311 e. The molecule has 0 bridgehead atoms. The Labute approximate surface area is 79.9 Å². The third kappa shape index (κ3) is 2.52. The first-order valence-corrected chi connectivity index (χ1v) is 4.65. The number of benzene rings is 1. The van der Waals surface area contributed by atoms with E-state index < -0.39 is 0 Å². The average molecular weight is 240 g/mol. The van der Waals surface area contributed by atoms with Crippen molar-refractivity contribution in [2.75, 3.05) is 6.26 Å². The molecule has 0 amide bonds. The zero-order valence-electron chi connectivity index (χ0n) is 5.50. The number of thioether (sulfide) groups is 1. The van der Waals surface area contributed by atoms with Crippen LogP contribution in [0.4, 0.5) is 0 Å². The van der Waals surface area contributed by atoms with E-state index in [1.165, 1.54) is 9.37 Å². The molecule has 10 heavy (non-hydrogen) atoms. The Hall–Kier alpha value is 0.340. The molecule has 0 aliphatic rings. The highest BCUT2D eigenvalue weighted by Gasteiger charge is 1.92. The summed E-state index contributed by atoms with van der Waals surface area (Å²) in [7, 11) is 0. The van der Waals surface area contributed by atoms with Crippen molar-refractivity contribution in [1.82, 2.24) is 0 Å². The first-order chi connectivity index (χ1) is 4.34. The molecular weight excluding hydrogens is 232 g/mol. The minimum atomic E-state index is 0. The lowest BCUT2D eigenvalue weighted by Gasteiger charge is -1.96. The topological polar surface area (TPSA) is 0 Å². The molecule has 1 rings (SSSR count). The number of hydrogen-bond acceptors (Lipinski definition) is 1. The summed E-state index contributed by atoms with van der Waals surface area (Å²) in [6, 6.07) is 8.20. The summed E-state index contributed by atoms with van der Waals surface area (Å²) in [5.74, 6) is 0. The Morgan fingerprint density at radius 1 is 1.30 bits per heavy atom. The average Bonchev–Trinajstić information content (AvgIpc) is 1.89. The van der Waals surface area contributed by atoms with Gasteiger partial charge in [-0.15, -0.1) is 24.2 Å². The van der Waals surface area contributed by atoms with Gasteiger partial charge in [-0.25, -0.2) is 0 Å². The van der Waals surface area contributed by atoms with Gasteiger partial charge in [-0.3, -0.25) is 0 Å². The summed E-state index contributed by atoms with van der Waals surface area (Å²) >= 11 is 5.18. The molecule has 0 unspecified atom stereocenters. The number of halogens is 2. The van der Waals surface area contributed by atoms with Crippen molar-refractivity contribution in [3.8, 4) is 0 Å². The summed E-state index contributed by atoms with van der Waals surface area (Å²) in [5, 5.41) is 0. The van der Waals surface area contributed by atoms with Gasteiger partial charge in [0, 0.05) is 9.37 Å². The highest BCUT2D eigenvalue weighted by molar-refractivity contribution is 9.10. The lowest BCUT2D eigenvalue weighted by Crippen LogP contribution is -1.68. The SMILES string of the molecule is CSc1ccccc1Br.Cl. The van der Waals surface area contributed by atoms with E-state index in [1.54, 1.807) is 11.8 Å². The monoisotopic (exact) mass is 238 g/mol. The fraction of sp³-hybridized carbons (Fsp3) is 0.143. The largest absolute Gasteiger partial charge is 0.147 e.